The fourth-order valence-electron chi connectivity index (χ4n) is 3.44. The van der Waals surface area contributed by atoms with Crippen molar-refractivity contribution in [3.63, 3.8) is 0 Å². The molecule has 170 valence electrons. The number of aryl methyl sites for hydroxylation is 2. The van der Waals surface area contributed by atoms with E-state index in [0.29, 0.717) is 37.9 Å². The number of ether oxygens (including phenoxy) is 2. The molecule has 2 heterocycles. The molecule has 0 saturated heterocycles. The van der Waals surface area contributed by atoms with Gasteiger partial charge in [-0.2, -0.15) is 0 Å². The number of para-hydroxylation sites is 1. The zero-order chi connectivity index (χ0) is 23.4. The number of amides is 1. The van der Waals surface area contributed by atoms with E-state index in [1.54, 1.807) is 37.6 Å². The number of aromatic nitrogens is 3. The van der Waals surface area contributed by atoms with Gasteiger partial charge in [0.2, 0.25) is 0 Å². The van der Waals surface area contributed by atoms with Crippen LogP contribution in [0.4, 0.5) is 0 Å². The third-order valence-electron chi connectivity index (χ3n) is 5.07. The van der Waals surface area contributed by atoms with Crippen molar-refractivity contribution < 1.29 is 14.3 Å². The van der Waals surface area contributed by atoms with Crippen molar-refractivity contribution in [2.24, 2.45) is 7.05 Å². The molecule has 2 aromatic carbocycles. The van der Waals surface area contributed by atoms with Crippen LogP contribution in [-0.4, -0.2) is 27.6 Å². The number of nitrogens with zero attached hydrogens (tertiary/aromatic N) is 3. The van der Waals surface area contributed by atoms with Crippen molar-refractivity contribution in [3.05, 3.63) is 92.9 Å². The topological polar surface area (TPSA) is 78.3 Å². The van der Waals surface area contributed by atoms with Crippen LogP contribution in [0.25, 0.3) is 0 Å². The fourth-order valence-corrected chi connectivity index (χ4v) is 4.45. The predicted octanol–water partition coefficient (Wildman–Crippen LogP) is 4.95. The third kappa shape index (κ3) is 5.18. The van der Waals surface area contributed by atoms with Gasteiger partial charge in [0.05, 0.1) is 12.8 Å². The first kappa shape index (κ1) is 22.8. The maximum atomic E-state index is 13.3. The van der Waals surface area contributed by atoms with Gasteiger partial charge in [0, 0.05) is 30.0 Å². The van der Waals surface area contributed by atoms with Crippen molar-refractivity contribution in [1.82, 2.24) is 19.9 Å². The Hall–Kier alpha value is -3.36. The Morgan fingerprint density at radius 1 is 1.21 bits per heavy atom. The molecule has 7 nitrogen and oxygen atoms in total. The smallest absolute Gasteiger partial charge is 0.264 e. The SMILES string of the molecule is COc1ccccc1C(NC(=O)c1sc(COc2ccc(Cl)cc2)nc1C)c1nccn1C. The van der Waals surface area contributed by atoms with Gasteiger partial charge in [0.1, 0.15) is 39.9 Å². The minimum atomic E-state index is -0.496. The summed E-state index contributed by atoms with van der Waals surface area (Å²) in [6.45, 7) is 2.08. The van der Waals surface area contributed by atoms with E-state index in [2.05, 4.69) is 15.3 Å². The number of hydrogen-bond donors (Lipinski definition) is 1. The van der Waals surface area contributed by atoms with Gasteiger partial charge in [0.25, 0.3) is 5.91 Å². The van der Waals surface area contributed by atoms with Gasteiger partial charge in [-0.3, -0.25) is 4.79 Å². The second-order valence-electron chi connectivity index (χ2n) is 7.31. The highest BCUT2D eigenvalue weighted by atomic mass is 35.5. The van der Waals surface area contributed by atoms with Gasteiger partial charge >= 0.3 is 0 Å². The number of benzene rings is 2. The molecule has 1 atom stereocenters. The second kappa shape index (κ2) is 10.1. The first-order valence-corrected chi connectivity index (χ1v) is 11.4. The summed E-state index contributed by atoms with van der Waals surface area (Å²) >= 11 is 7.22. The zero-order valence-corrected chi connectivity index (χ0v) is 20.0. The van der Waals surface area contributed by atoms with Gasteiger partial charge in [-0.1, -0.05) is 29.8 Å². The summed E-state index contributed by atoms with van der Waals surface area (Å²) in [5.41, 5.74) is 1.46. The van der Waals surface area contributed by atoms with Crippen LogP contribution >= 0.6 is 22.9 Å². The molecule has 0 bridgehead atoms. The Morgan fingerprint density at radius 2 is 1.97 bits per heavy atom. The maximum absolute atomic E-state index is 13.3. The molecule has 0 aliphatic heterocycles. The fraction of sp³-hybridized carbons (Fsp3) is 0.208. The van der Waals surface area contributed by atoms with Crippen LogP contribution in [0, 0.1) is 6.92 Å². The van der Waals surface area contributed by atoms with Crippen molar-refractivity contribution in [1.29, 1.82) is 0 Å². The molecular weight excluding hydrogens is 460 g/mol. The number of halogens is 1. The van der Waals surface area contributed by atoms with E-state index in [-0.39, 0.29) is 12.5 Å². The number of carbonyl (C=O) groups excluding carboxylic acids is 1. The molecule has 0 aliphatic rings. The zero-order valence-electron chi connectivity index (χ0n) is 18.4. The summed E-state index contributed by atoms with van der Waals surface area (Å²) in [5, 5.41) is 4.46. The van der Waals surface area contributed by atoms with Crippen molar-refractivity contribution >= 4 is 28.8 Å². The van der Waals surface area contributed by atoms with E-state index in [1.165, 1.54) is 11.3 Å². The first-order valence-electron chi connectivity index (χ1n) is 10.2. The van der Waals surface area contributed by atoms with Crippen LogP contribution in [0.5, 0.6) is 11.5 Å². The molecule has 4 aromatic rings. The molecule has 4 rings (SSSR count). The number of carbonyl (C=O) groups is 1. The number of hydrogen-bond acceptors (Lipinski definition) is 6. The van der Waals surface area contributed by atoms with E-state index in [9.17, 15) is 4.79 Å². The minimum absolute atomic E-state index is 0.235. The molecule has 1 amide bonds. The molecule has 33 heavy (non-hydrogen) atoms. The summed E-state index contributed by atoms with van der Waals surface area (Å²) in [4.78, 5) is 22.8. The molecule has 0 aliphatic carbocycles. The van der Waals surface area contributed by atoms with Crippen LogP contribution in [-0.2, 0) is 13.7 Å². The summed E-state index contributed by atoms with van der Waals surface area (Å²) < 4.78 is 13.2. The lowest BCUT2D eigenvalue weighted by molar-refractivity contribution is 0.0944. The van der Waals surface area contributed by atoms with Gasteiger partial charge in [-0.05, 0) is 37.3 Å². The van der Waals surface area contributed by atoms with E-state index >= 15 is 0 Å². The molecule has 0 fully saturated rings. The van der Waals surface area contributed by atoms with E-state index < -0.39 is 6.04 Å². The largest absolute Gasteiger partial charge is 0.496 e. The Labute approximate surface area is 201 Å². The average molecular weight is 483 g/mol. The highest BCUT2D eigenvalue weighted by Gasteiger charge is 2.26. The highest BCUT2D eigenvalue weighted by molar-refractivity contribution is 7.13. The number of methoxy groups -OCH3 is 1. The summed E-state index contributed by atoms with van der Waals surface area (Å²) in [5.74, 6) is 1.82. The van der Waals surface area contributed by atoms with E-state index in [1.807, 2.05) is 49.0 Å². The Bertz CT molecular complexity index is 1250. The lowest BCUT2D eigenvalue weighted by Gasteiger charge is -2.21. The monoisotopic (exact) mass is 482 g/mol. The van der Waals surface area contributed by atoms with Gasteiger partial charge < -0.3 is 19.4 Å². The van der Waals surface area contributed by atoms with Crippen molar-refractivity contribution in [2.75, 3.05) is 7.11 Å². The molecule has 1 unspecified atom stereocenters. The summed E-state index contributed by atoms with van der Waals surface area (Å²) in [6, 6.07) is 14.2. The molecule has 0 radical (unpaired) electrons. The van der Waals surface area contributed by atoms with Gasteiger partial charge in [-0.15, -0.1) is 11.3 Å². The Balaban J connectivity index is 1.56. The Kier molecular flexibility index (Phi) is 6.96. The van der Waals surface area contributed by atoms with Crippen molar-refractivity contribution in [3.8, 4) is 11.5 Å². The number of nitrogens with one attached hydrogen (secondary N) is 1. The van der Waals surface area contributed by atoms with E-state index in [4.69, 9.17) is 21.1 Å². The summed E-state index contributed by atoms with van der Waals surface area (Å²) in [7, 11) is 3.50. The van der Waals surface area contributed by atoms with Crippen LogP contribution in [0.15, 0.2) is 60.9 Å². The lowest BCUT2D eigenvalue weighted by atomic mass is 10.0. The normalized spacial score (nSPS) is 11.8. The molecule has 0 spiro atoms. The van der Waals surface area contributed by atoms with Crippen LogP contribution in [0.3, 0.4) is 0 Å². The molecule has 1 N–H and O–H groups in total. The minimum Gasteiger partial charge on any atom is -0.496 e. The molecule has 2 aromatic heterocycles. The molecular formula is C24H23ClN4O3S. The van der Waals surface area contributed by atoms with Crippen molar-refractivity contribution in [2.45, 2.75) is 19.6 Å². The number of imidazole rings is 1. The lowest BCUT2D eigenvalue weighted by Crippen LogP contribution is -2.31. The standard InChI is InChI=1S/C24H23ClN4O3S/c1-15-22(33-20(27-15)14-32-17-10-8-16(25)9-11-17)24(30)28-21(23-26-12-13-29(23)2)18-6-4-5-7-19(18)31-3/h4-13,21H,14H2,1-3H3,(H,28,30). The van der Waals surface area contributed by atoms with Gasteiger partial charge in [0.15, 0.2) is 0 Å². The second-order valence-corrected chi connectivity index (χ2v) is 8.83. The first-order chi connectivity index (χ1) is 16.0. The highest BCUT2D eigenvalue weighted by Crippen LogP contribution is 2.30. The quantitative estimate of drug-likeness (QED) is 0.384. The van der Waals surface area contributed by atoms with Crippen LogP contribution in [0.2, 0.25) is 5.02 Å². The number of rotatable bonds is 8. The number of thiazole rings is 1. The van der Waals surface area contributed by atoms with Gasteiger partial charge in [-0.25, -0.2) is 9.97 Å². The average Bonchev–Trinajstić information content (AvgIpc) is 3.42. The predicted molar refractivity (Wildman–Crippen MR) is 128 cm³/mol. The summed E-state index contributed by atoms with van der Waals surface area (Å²) in [6.07, 6.45) is 3.54. The Morgan fingerprint density at radius 3 is 2.67 bits per heavy atom. The molecule has 0 saturated carbocycles. The molecule has 9 heteroatoms. The van der Waals surface area contributed by atoms with Crippen LogP contribution in [0.1, 0.15) is 37.8 Å². The maximum Gasteiger partial charge on any atom is 0.264 e. The van der Waals surface area contributed by atoms with E-state index in [0.717, 1.165) is 5.56 Å². The van der Waals surface area contributed by atoms with Crippen LogP contribution < -0.4 is 14.8 Å². The third-order valence-corrected chi connectivity index (χ3v) is 6.45.